The molecule has 1 N–H and O–H groups in total. The molecule has 1 aliphatic carbocycles. The van der Waals surface area contributed by atoms with Crippen LogP contribution in [0.2, 0.25) is 0 Å². The Labute approximate surface area is 124 Å². The molecule has 21 heavy (non-hydrogen) atoms. The summed E-state index contributed by atoms with van der Waals surface area (Å²) in [5.74, 6) is 1.19. The molecule has 0 atom stereocenters. The fraction of sp³-hybridized carbons (Fsp3) is 0.500. The molecule has 0 bridgehead atoms. The highest BCUT2D eigenvalue weighted by atomic mass is 16.5. The molecular formula is C16H20N2O3. The van der Waals surface area contributed by atoms with Gasteiger partial charge in [0, 0.05) is 30.1 Å². The predicted octanol–water partition coefficient (Wildman–Crippen LogP) is 2.17. The summed E-state index contributed by atoms with van der Waals surface area (Å²) in [6.07, 6.45) is 2.46. The predicted molar refractivity (Wildman–Crippen MR) is 79.0 cm³/mol. The fourth-order valence-electron chi connectivity index (χ4n) is 2.50. The van der Waals surface area contributed by atoms with Crippen LogP contribution in [0.15, 0.2) is 18.2 Å². The fourth-order valence-corrected chi connectivity index (χ4v) is 2.50. The van der Waals surface area contributed by atoms with E-state index in [1.807, 2.05) is 25.1 Å². The van der Waals surface area contributed by atoms with E-state index < -0.39 is 0 Å². The number of amides is 2. The summed E-state index contributed by atoms with van der Waals surface area (Å²) in [7, 11) is 0. The van der Waals surface area contributed by atoms with Crippen molar-refractivity contribution in [1.82, 2.24) is 4.90 Å². The van der Waals surface area contributed by atoms with Crippen molar-refractivity contribution in [2.24, 2.45) is 5.92 Å². The van der Waals surface area contributed by atoms with Crippen molar-refractivity contribution in [3.05, 3.63) is 23.8 Å². The number of nitrogens with one attached hydrogen (secondary N) is 1. The van der Waals surface area contributed by atoms with Gasteiger partial charge in [-0.25, -0.2) is 0 Å². The maximum atomic E-state index is 11.9. The Morgan fingerprint density at radius 3 is 2.90 bits per heavy atom. The molecule has 2 amide bonds. The number of benzene rings is 1. The molecule has 3 rings (SSSR count). The Morgan fingerprint density at radius 1 is 1.38 bits per heavy atom. The van der Waals surface area contributed by atoms with Crippen molar-refractivity contribution in [3.8, 4) is 5.75 Å². The van der Waals surface area contributed by atoms with E-state index in [4.69, 9.17) is 4.74 Å². The number of nitrogens with zero attached hydrogens (tertiary/aromatic N) is 1. The van der Waals surface area contributed by atoms with E-state index in [1.165, 1.54) is 0 Å². The Balaban J connectivity index is 1.77. The average molecular weight is 288 g/mol. The smallest absolute Gasteiger partial charge is 0.227 e. The molecule has 0 saturated heterocycles. The Hall–Kier alpha value is -2.04. The Bertz CT molecular complexity index is 567. The van der Waals surface area contributed by atoms with Crippen LogP contribution in [0.1, 0.15) is 31.7 Å². The van der Waals surface area contributed by atoms with E-state index >= 15 is 0 Å². The summed E-state index contributed by atoms with van der Waals surface area (Å²) in [4.78, 5) is 25.5. The average Bonchev–Trinajstić information content (AvgIpc) is 3.32. The normalized spacial score (nSPS) is 17.5. The minimum absolute atomic E-state index is 0.0889. The standard InChI is InChI=1S/C16H20N2O3/c1-2-15(19)18-7-8-21-14-6-5-13(9-12(14)10-18)17-16(20)11-3-4-11/h5-6,9,11H,2-4,7-8,10H2,1H3,(H,17,20). The number of rotatable bonds is 3. The van der Waals surface area contributed by atoms with Gasteiger partial charge in [0.25, 0.3) is 0 Å². The molecule has 112 valence electrons. The zero-order valence-corrected chi connectivity index (χ0v) is 12.2. The molecule has 0 radical (unpaired) electrons. The van der Waals surface area contributed by atoms with Gasteiger partial charge in [0.15, 0.2) is 0 Å². The van der Waals surface area contributed by atoms with Crippen molar-refractivity contribution < 1.29 is 14.3 Å². The van der Waals surface area contributed by atoms with E-state index in [0.29, 0.717) is 26.1 Å². The van der Waals surface area contributed by atoms with Crippen LogP contribution in [0, 0.1) is 5.92 Å². The summed E-state index contributed by atoms with van der Waals surface area (Å²) in [6, 6.07) is 5.64. The van der Waals surface area contributed by atoms with Crippen LogP contribution in [0.4, 0.5) is 5.69 Å². The number of ether oxygens (including phenoxy) is 1. The van der Waals surface area contributed by atoms with Crippen molar-refractivity contribution in [2.75, 3.05) is 18.5 Å². The molecule has 5 heteroatoms. The summed E-state index contributed by atoms with van der Waals surface area (Å²) >= 11 is 0. The van der Waals surface area contributed by atoms with Crippen LogP contribution in [-0.4, -0.2) is 29.9 Å². The highest BCUT2D eigenvalue weighted by molar-refractivity contribution is 5.94. The van der Waals surface area contributed by atoms with Gasteiger partial charge in [0.2, 0.25) is 11.8 Å². The van der Waals surface area contributed by atoms with Gasteiger partial charge in [0.05, 0.1) is 6.54 Å². The van der Waals surface area contributed by atoms with Crippen LogP contribution in [0.25, 0.3) is 0 Å². The number of anilines is 1. The molecule has 5 nitrogen and oxygen atoms in total. The van der Waals surface area contributed by atoms with Crippen LogP contribution in [-0.2, 0) is 16.1 Å². The molecule has 1 heterocycles. The SMILES string of the molecule is CCC(=O)N1CCOc2ccc(NC(=O)C3CC3)cc2C1. The third-order valence-corrected chi connectivity index (χ3v) is 3.91. The van der Waals surface area contributed by atoms with E-state index in [1.54, 1.807) is 4.90 Å². The Morgan fingerprint density at radius 2 is 2.19 bits per heavy atom. The first kappa shape index (κ1) is 13.9. The van der Waals surface area contributed by atoms with Crippen LogP contribution in [0.5, 0.6) is 5.75 Å². The Kier molecular flexibility index (Phi) is 3.82. The quantitative estimate of drug-likeness (QED) is 0.927. The van der Waals surface area contributed by atoms with E-state index in [9.17, 15) is 9.59 Å². The van der Waals surface area contributed by atoms with E-state index in [0.717, 1.165) is 29.8 Å². The van der Waals surface area contributed by atoms with Crippen LogP contribution < -0.4 is 10.1 Å². The second-order valence-electron chi connectivity index (χ2n) is 5.60. The first-order valence-electron chi connectivity index (χ1n) is 7.51. The number of hydrogen-bond acceptors (Lipinski definition) is 3. The van der Waals surface area contributed by atoms with Crippen molar-refractivity contribution in [3.63, 3.8) is 0 Å². The topological polar surface area (TPSA) is 58.6 Å². The third-order valence-electron chi connectivity index (χ3n) is 3.91. The van der Waals surface area contributed by atoms with Crippen molar-refractivity contribution in [1.29, 1.82) is 0 Å². The van der Waals surface area contributed by atoms with Gasteiger partial charge in [0.1, 0.15) is 12.4 Å². The maximum absolute atomic E-state index is 11.9. The lowest BCUT2D eigenvalue weighted by Crippen LogP contribution is -2.31. The van der Waals surface area contributed by atoms with E-state index in [-0.39, 0.29) is 17.7 Å². The first-order chi connectivity index (χ1) is 10.2. The molecule has 0 unspecified atom stereocenters. The number of hydrogen-bond donors (Lipinski definition) is 1. The highest BCUT2D eigenvalue weighted by Gasteiger charge is 2.29. The summed E-state index contributed by atoms with van der Waals surface area (Å²) < 4.78 is 5.69. The van der Waals surface area contributed by atoms with Crippen LogP contribution in [0.3, 0.4) is 0 Å². The second-order valence-corrected chi connectivity index (χ2v) is 5.60. The number of carbonyl (C=O) groups excluding carboxylic acids is 2. The van der Waals surface area contributed by atoms with Gasteiger partial charge in [-0.15, -0.1) is 0 Å². The maximum Gasteiger partial charge on any atom is 0.227 e. The van der Waals surface area contributed by atoms with Gasteiger partial charge < -0.3 is 15.0 Å². The van der Waals surface area contributed by atoms with Gasteiger partial charge in [-0.1, -0.05) is 6.92 Å². The highest BCUT2D eigenvalue weighted by Crippen LogP contribution is 2.31. The largest absolute Gasteiger partial charge is 0.491 e. The van der Waals surface area contributed by atoms with Gasteiger partial charge in [-0.2, -0.15) is 0 Å². The summed E-state index contributed by atoms with van der Waals surface area (Å²) in [6.45, 7) is 3.51. The van der Waals surface area contributed by atoms with Gasteiger partial charge in [-0.05, 0) is 31.0 Å². The van der Waals surface area contributed by atoms with Crippen molar-refractivity contribution >= 4 is 17.5 Å². The molecule has 0 aromatic heterocycles. The number of carbonyl (C=O) groups is 2. The molecule has 1 aromatic carbocycles. The van der Waals surface area contributed by atoms with Crippen molar-refractivity contribution in [2.45, 2.75) is 32.7 Å². The first-order valence-corrected chi connectivity index (χ1v) is 7.51. The van der Waals surface area contributed by atoms with E-state index in [2.05, 4.69) is 5.32 Å². The second kappa shape index (κ2) is 5.76. The molecular weight excluding hydrogens is 268 g/mol. The lowest BCUT2D eigenvalue weighted by atomic mass is 10.1. The lowest BCUT2D eigenvalue weighted by Gasteiger charge is -2.19. The zero-order valence-electron chi connectivity index (χ0n) is 12.2. The minimum Gasteiger partial charge on any atom is -0.491 e. The van der Waals surface area contributed by atoms with Gasteiger partial charge in [-0.3, -0.25) is 9.59 Å². The third kappa shape index (κ3) is 3.17. The summed E-state index contributed by atoms with van der Waals surface area (Å²) in [5.41, 5.74) is 1.72. The zero-order chi connectivity index (χ0) is 14.8. The molecule has 1 fully saturated rings. The summed E-state index contributed by atoms with van der Waals surface area (Å²) in [5, 5.41) is 2.93. The molecule has 0 spiro atoms. The monoisotopic (exact) mass is 288 g/mol. The molecule has 2 aliphatic rings. The van der Waals surface area contributed by atoms with Gasteiger partial charge >= 0.3 is 0 Å². The van der Waals surface area contributed by atoms with Crippen LogP contribution >= 0.6 is 0 Å². The lowest BCUT2D eigenvalue weighted by molar-refractivity contribution is -0.131. The molecule has 1 aromatic rings. The molecule has 1 saturated carbocycles. The number of fused-ring (bicyclic) bond motifs is 1. The minimum atomic E-state index is 0.0889. The molecule has 1 aliphatic heterocycles.